The van der Waals surface area contributed by atoms with Crippen LogP contribution in [0.5, 0.6) is 0 Å². The maximum atomic E-state index is 3.73. The van der Waals surface area contributed by atoms with E-state index in [1.165, 1.54) is 45.2 Å². The molecule has 2 aliphatic rings. The fourth-order valence-corrected chi connectivity index (χ4v) is 3.06. The largest absolute Gasteiger partial charge is 0.299 e. The highest BCUT2D eigenvalue weighted by Crippen LogP contribution is 2.34. The molecule has 76 valence electrons. The molecule has 0 aromatic heterocycles. The van der Waals surface area contributed by atoms with Crippen molar-refractivity contribution in [3.63, 3.8) is 0 Å². The smallest absolute Gasteiger partial charge is 0.0715 e. The Morgan fingerprint density at radius 3 is 2.54 bits per heavy atom. The van der Waals surface area contributed by atoms with E-state index in [1.54, 1.807) is 0 Å². The topological polar surface area (TPSA) is 15.3 Å². The first-order chi connectivity index (χ1) is 6.25. The van der Waals surface area contributed by atoms with E-state index in [9.17, 15) is 0 Å². The summed E-state index contributed by atoms with van der Waals surface area (Å²) < 4.78 is 0. The van der Waals surface area contributed by atoms with Crippen LogP contribution in [0, 0.1) is 0 Å². The van der Waals surface area contributed by atoms with Crippen LogP contribution >= 0.6 is 0 Å². The first-order valence-corrected chi connectivity index (χ1v) is 5.76. The first kappa shape index (κ1) is 9.47. The molecule has 2 rings (SSSR count). The predicted molar refractivity (Wildman–Crippen MR) is 55.7 cm³/mol. The van der Waals surface area contributed by atoms with Crippen LogP contribution in [0.2, 0.25) is 0 Å². The molecule has 13 heavy (non-hydrogen) atoms. The van der Waals surface area contributed by atoms with Crippen LogP contribution < -0.4 is 5.32 Å². The van der Waals surface area contributed by atoms with Crippen molar-refractivity contribution in [2.45, 2.75) is 57.7 Å². The van der Waals surface area contributed by atoms with Gasteiger partial charge >= 0.3 is 0 Å². The van der Waals surface area contributed by atoms with Gasteiger partial charge in [0.1, 0.15) is 0 Å². The normalized spacial score (nSPS) is 36.2. The summed E-state index contributed by atoms with van der Waals surface area (Å²) in [5.41, 5.74) is 0.395. The molecule has 0 aromatic rings. The molecule has 2 saturated heterocycles. The Labute approximate surface area is 81.7 Å². The van der Waals surface area contributed by atoms with Gasteiger partial charge in [-0.3, -0.25) is 10.2 Å². The summed E-state index contributed by atoms with van der Waals surface area (Å²) in [6.45, 7) is 7.17. The summed E-state index contributed by atoms with van der Waals surface area (Å²) in [6, 6.07) is 0.700. The monoisotopic (exact) mass is 182 g/mol. The highest BCUT2D eigenvalue weighted by molar-refractivity contribution is 4.96. The van der Waals surface area contributed by atoms with Gasteiger partial charge in [0.15, 0.2) is 0 Å². The van der Waals surface area contributed by atoms with Crippen LogP contribution in [0.25, 0.3) is 0 Å². The lowest BCUT2D eigenvalue weighted by molar-refractivity contribution is 0.00702. The number of piperidine rings is 1. The molecule has 2 aliphatic heterocycles. The summed E-state index contributed by atoms with van der Waals surface area (Å²) in [7, 11) is 0. The zero-order valence-corrected chi connectivity index (χ0v) is 8.97. The van der Waals surface area contributed by atoms with Crippen LogP contribution in [-0.2, 0) is 0 Å². The molecule has 0 aliphatic carbocycles. The van der Waals surface area contributed by atoms with Crippen molar-refractivity contribution < 1.29 is 0 Å². The molecule has 1 spiro atoms. The fourth-order valence-electron chi connectivity index (χ4n) is 3.06. The number of likely N-dealkylation sites (tertiary alicyclic amines) is 1. The van der Waals surface area contributed by atoms with Crippen molar-refractivity contribution in [3.05, 3.63) is 0 Å². The van der Waals surface area contributed by atoms with E-state index in [2.05, 4.69) is 24.1 Å². The van der Waals surface area contributed by atoms with Crippen LogP contribution in [0.3, 0.4) is 0 Å². The molecule has 0 radical (unpaired) electrons. The fraction of sp³-hybridized carbons (Fsp3) is 1.00. The number of nitrogens with zero attached hydrogens (tertiary/aromatic N) is 1. The Kier molecular flexibility index (Phi) is 2.61. The Morgan fingerprint density at radius 1 is 1.15 bits per heavy atom. The zero-order valence-electron chi connectivity index (χ0n) is 8.97. The van der Waals surface area contributed by atoms with Gasteiger partial charge in [0.25, 0.3) is 0 Å². The number of hydrogen-bond donors (Lipinski definition) is 1. The second kappa shape index (κ2) is 3.58. The van der Waals surface area contributed by atoms with Gasteiger partial charge in [-0.15, -0.1) is 0 Å². The average molecular weight is 182 g/mol. The standard InChI is InChI=1S/C11H22N2/c1-10(2)13-9-4-3-6-11(13)7-5-8-12-11/h10,12H,3-9H2,1-2H3. The summed E-state index contributed by atoms with van der Waals surface area (Å²) in [4.78, 5) is 2.68. The van der Waals surface area contributed by atoms with Gasteiger partial charge in [-0.25, -0.2) is 0 Å². The van der Waals surface area contributed by atoms with E-state index in [0.717, 1.165) is 0 Å². The summed E-state index contributed by atoms with van der Waals surface area (Å²) in [5, 5.41) is 3.73. The molecule has 1 N–H and O–H groups in total. The number of rotatable bonds is 1. The molecule has 0 saturated carbocycles. The molecule has 0 bridgehead atoms. The highest BCUT2D eigenvalue weighted by atomic mass is 15.3. The van der Waals surface area contributed by atoms with Gasteiger partial charge in [-0.05, 0) is 52.5 Å². The maximum Gasteiger partial charge on any atom is 0.0715 e. The van der Waals surface area contributed by atoms with Gasteiger partial charge in [0.05, 0.1) is 5.66 Å². The summed E-state index contributed by atoms with van der Waals surface area (Å²) in [6.07, 6.45) is 6.90. The lowest BCUT2D eigenvalue weighted by Crippen LogP contribution is -2.60. The summed E-state index contributed by atoms with van der Waals surface area (Å²) >= 11 is 0. The van der Waals surface area contributed by atoms with Crippen molar-refractivity contribution in [1.29, 1.82) is 0 Å². The SMILES string of the molecule is CC(C)N1CCCCC12CCCN2. The Hall–Kier alpha value is -0.0800. The first-order valence-electron chi connectivity index (χ1n) is 5.76. The summed E-state index contributed by atoms with van der Waals surface area (Å²) in [5.74, 6) is 0. The molecule has 2 nitrogen and oxygen atoms in total. The quantitative estimate of drug-likeness (QED) is 0.667. The second-order valence-electron chi connectivity index (χ2n) is 4.81. The van der Waals surface area contributed by atoms with E-state index in [-0.39, 0.29) is 0 Å². The maximum absolute atomic E-state index is 3.73. The highest BCUT2D eigenvalue weighted by Gasteiger charge is 2.41. The minimum absolute atomic E-state index is 0.395. The molecule has 2 heterocycles. The van der Waals surface area contributed by atoms with Crippen LogP contribution in [0.15, 0.2) is 0 Å². The third-order valence-electron chi connectivity index (χ3n) is 3.63. The van der Waals surface area contributed by atoms with Crippen molar-refractivity contribution in [2.75, 3.05) is 13.1 Å². The van der Waals surface area contributed by atoms with Crippen LogP contribution in [0.4, 0.5) is 0 Å². The Balaban J connectivity index is 2.12. The molecule has 1 unspecified atom stereocenters. The van der Waals surface area contributed by atoms with Gasteiger partial charge < -0.3 is 0 Å². The van der Waals surface area contributed by atoms with Crippen molar-refractivity contribution in [1.82, 2.24) is 10.2 Å². The van der Waals surface area contributed by atoms with E-state index in [4.69, 9.17) is 0 Å². The van der Waals surface area contributed by atoms with E-state index in [1.807, 2.05) is 0 Å². The second-order valence-corrected chi connectivity index (χ2v) is 4.81. The molecule has 0 aromatic carbocycles. The number of nitrogens with one attached hydrogen (secondary N) is 1. The molecule has 1 atom stereocenters. The predicted octanol–water partition coefficient (Wildman–Crippen LogP) is 1.96. The molecular formula is C11H22N2. The van der Waals surface area contributed by atoms with Crippen molar-refractivity contribution in [3.8, 4) is 0 Å². The Bertz CT molecular complexity index is 171. The van der Waals surface area contributed by atoms with Gasteiger partial charge in [0, 0.05) is 12.6 Å². The lowest BCUT2D eigenvalue weighted by atomic mass is 9.92. The number of hydrogen-bond acceptors (Lipinski definition) is 2. The lowest BCUT2D eigenvalue weighted by Gasteiger charge is -2.47. The van der Waals surface area contributed by atoms with Crippen molar-refractivity contribution in [2.24, 2.45) is 0 Å². The van der Waals surface area contributed by atoms with E-state index >= 15 is 0 Å². The van der Waals surface area contributed by atoms with E-state index < -0.39 is 0 Å². The molecule has 2 fully saturated rings. The van der Waals surface area contributed by atoms with Gasteiger partial charge in [-0.2, -0.15) is 0 Å². The molecule has 2 heteroatoms. The van der Waals surface area contributed by atoms with Crippen LogP contribution in [0.1, 0.15) is 46.0 Å². The minimum Gasteiger partial charge on any atom is -0.299 e. The van der Waals surface area contributed by atoms with Crippen LogP contribution in [-0.4, -0.2) is 29.7 Å². The van der Waals surface area contributed by atoms with Gasteiger partial charge in [-0.1, -0.05) is 0 Å². The zero-order chi connectivity index (χ0) is 9.31. The third kappa shape index (κ3) is 1.62. The molecule has 0 amide bonds. The Morgan fingerprint density at radius 2 is 1.92 bits per heavy atom. The van der Waals surface area contributed by atoms with Crippen molar-refractivity contribution >= 4 is 0 Å². The van der Waals surface area contributed by atoms with E-state index in [0.29, 0.717) is 11.7 Å². The average Bonchev–Trinajstić information content (AvgIpc) is 2.54. The minimum atomic E-state index is 0.395. The third-order valence-corrected chi connectivity index (χ3v) is 3.63. The molecular weight excluding hydrogens is 160 g/mol. The van der Waals surface area contributed by atoms with Gasteiger partial charge in [0.2, 0.25) is 0 Å².